The van der Waals surface area contributed by atoms with Crippen LogP contribution in [0.5, 0.6) is 0 Å². The van der Waals surface area contributed by atoms with Gasteiger partial charge in [-0.2, -0.15) is 13.2 Å². The van der Waals surface area contributed by atoms with Crippen LogP contribution in [-0.4, -0.2) is 34.8 Å². The maximum atomic E-state index is 12.7. The quantitative estimate of drug-likeness (QED) is 0.883. The van der Waals surface area contributed by atoms with Crippen molar-refractivity contribution in [2.45, 2.75) is 32.5 Å². The van der Waals surface area contributed by atoms with E-state index in [9.17, 15) is 22.8 Å². The van der Waals surface area contributed by atoms with E-state index in [1.807, 2.05) is 0 Å². The van der Waals surface area contributed by atoms with E-state index < -0.39 is 17.6 Å². The van der Waals surface area contributed by atoms with Gasteiger partial charge in [0.15, 0.2) is 5.69 Å². The Morgan fingerprint density at radius 1 is 1.26 bits per heavy atom. The molecule has 0 unspecified atom stereocenters. The Balaban J connectivity index is 1.66. The van der Waals surface area contributed by atoms with Crippen LogP contribution in [0.1, 0.15) is 50.9 Å². The number of oxazole rings is 1. The maximum absolute atomic E-state index is 12.7. The average molecular weight is 381 g/mol. The second-order valence-corrected chi connectivity index (χ2v) is 6.27. The molecule has 1 fully saturated rings. The van der Waals surface area contributed by atoms with Gasteiger partial charge in [-0.15, -0.1) is 0 Å². The van der Waals surface area contributed by atoms with Crippen LogP contribution in [0.4, 0.5) is 13.2 Å². The average Bonchev–Trinajstić information content (AvgIpc) is 3.28. The molecule has 1 saturated heterocycles. The molecule has 1 N–H and O–H groups in total. The van der Waals surface area contributed by atoms with Crippen LogP contribution < -0.4 is 5.32 Å². The number of carbonyl (C=O) groups excluding carboxylic acids is 2. The Morgan fingerprint density at radius 2 is 1.96 bits per heavy atom. The van der Waals surface area contributed by atoms with Gasteiger partial charge in [0.2, 0.25) is 5.89 Å². The van der Waals surface area contributed by atoms with E-state index in [0.29, 0.717) is 18.8 Å². The number of halogens is 3. The van der Waals surface area contributed by atoms with Gasteiger partial charge < -0.3 is 14.6 Å². The minimum atomic E-state index is -4.53. The van der Waals surface area contributed by atoms with E-state index in [2.05, 4.69) is 10.3 Å². The lowest BCUT2D eigenvalue weighted by atomic mass is 10.1. The predicted molar refractivity (Wildman–Crippen MR) is 89.0 cm³/mol. The summed E-state index contributed by atoms with van der Waals surface area (Å²) in [7, 11) is 0. The van der Waals surface area contributed by atoms with Crippen molar-refractivity contribution in [3.05, 3.63) is 52.7 Å². The first kappa shape index (κ1) is 18.9. The van der Waals surface area contributed by atoms with Crippen LogP contribution in [0.15, 0.2) is 28.7 Å². The van der Waals surface area contributed by atoms with Crippen molar-refractivity contribution in [3.8, 4) is 0 Å². The summed E-state index contributed by atoms with van der Waals surface area (Å²) in [6, 6.07) is 4.12. The number of benzene rings is 1. The molecule has 3 rings (SSSR count). The molecule has 0 radical (unpaired) electrons. The number of amides is 2. The first-order chi connectivity index (χ1) is 12.8. The lowest BCUT2D eigenvalue weighted by molar-refractivity contribution is -0.137. The molecular formula is C18H18F3N3O3. The number of nitrogens with zero attached hydrogens (tertiary/aromatic N) is 2. The molecule has 1 aliphatic heterocycles. The van der Waals surface area contributed by atoms with Gasteiger partial charge in [0.05, 0.1) is 12.1 Å². The number of nitrogens with one attached hydrogen (secondary N) is 1. The molecule has 2 amide bonds. The molecule has 1 aromatic carbocycles. The summed E-state index contributed by atoms with van der Waals surface area (Å²) in [5.74, 6) is -0.445. The number of alkyl halides is 3. The van der Waals surface area contributed by atoms with E-state index in [4.69, 9.17) is 4.42 Å². The van der Waals surface area contributed by atoms with Crippen LogP contribution in [-0.2, 0) is 12.7 Å². The number of hydrogen-bond donors (Lipinski definition) is 1. The third-order valence-corrected chi connectivity index (χ3v) is 4.29. The first-order valence-corrected chi connectivity index (χ1v) is 8.47. The Hall–Kier alpha value is -2.84. The molecule has 1 aliphatic rings. The van der Waals surface area contributed by atoms with Crippen LogP contribution in [0.3, 0.4) is 0 Å². The van der Waals surface area contributed by atoms with E-state index in [-0.39, 0.29) is 29.6 Å². The molecular weight excluding hydrogens is 363 g/mol. The Kier molecular flexibility index (Phi) is 5.20. The molecule has 6 nitrogen and oxygen atoms in total. The largest absolute Gasteiger partial charge is 0.443 e. The summed E-state index contributed by atoms with van der Waals surface area (Å²) in [6.45, 7) is 2.82. The molecule has 2 aromatic rings. The van der Waals surface area contributed by atoms with Crippen LogP contribution >= 0.6 is 0 Å². The Morgan fingerprint density at radius 3 is 2.63 bits per heavy atom. The highest BCUT2D eigenvalue weighted by Gasteiger charge is 2.31. The predicted octanol–water partition coefficient (Wildman–Crippen LogP) is 3.17. The van der Waals surface area contributed by atoms with Gasteiger partial charge >= 0.3 is 6.18 Å². The fourth-order valence-corrected chi connectivity index (χ4v) is 2.89. The summed E-state index contributed by atoms with van der Waals surface area (Å²) in [5.41, 5.74) is -0.831. The molecule has 2 heterocycles. The molecule has 0 saturated carbocycles. The van der Waals surface area contributed by atoms with E-state index >= 15 is 0 Å². The van der Waals surface area contributed by atoms with Crippen molar-refractivity contribution >= 4 is 11.8 Å². The summed E-state index contributed by atoms with van der Waals surface area (Å²) >= 11 is 0. The zero-order valence-electron chi connectivity index (χ0n) is 14.6. The fourth-order valence-electron chi connectivity index (χ4n) is 2.89. The van der Waals surface area contributed by atoms with Crippen molar-refractivity contribution in [1.29, 1.82) is 0 Å². The highest BCUT2D eigenvalue weighted by Crippen LogP contribution is 2.29. The van der Waals surface area contributed by atoms with E-state index in [0.717, 1.165) is 25.0 Å². The zero-order chi connectivity index (χ0) is 19.6. The number of carbonyl (C=O) groups is 2. The first-order valence-electron chi connectivity index (χ1n) is 8.47. The molecule has 27 heavy (non-hydrogen) atoms. The number of aromatic nitrogens is 1. The molecule has 0 bridgehead atoms. The normalized spacial score (nSPS) is 14.4. The van der Waals surface area contributed by atoms with Gasteiger partial charge in [-0.05, 0) is 38.0 Å². The minimum Gasteiger partial charge on any atom is -0.443 e. The molecule has 0 spiro atoms. The van der Waals surface area contributed by atoms with Crippen molar-refractivity contribution < 1.29 is 27.2 Å². The lowest BCUT2D eigenvalue weighted by Gasteiger charge is -2.13. The Labute approximate surface area is 153 Å². The SMILES string of the molecule is Cc1oc(CNC(=O)c2cccc(C(F)(F)F)c2)nc1C(=O)N1CCCC1. The third kappa shape index (κ3) is 4.29. The van der Waals surface area contributed by atoms with Gasteiger partial charge in [-0.3, -0.25) is 9.59 Å². The van der Waals surface area contributed by atoms with Crippen molar-refractivity contribution in [3.63, 3.8) is 0 Å². The van der Waals surface area contributed by atoms with Gasteiger partial charge in [-0.25, -0.2) is 4.98 Å². The molecule has 144 valence electrons. The van der Waals surface area contributed by atoms with Gasteiger partial charge in [0.25, 0.3) is 11.8 Å². The smallest absolute Gasteiger partial charge is 0.416 e. The van der Waals surface area contributed by atoms with Crippen molar-refractivity contribution in [2.24, 2.45) is 0 Å². The number of aryl methyl sites for hydroxylation is 1. The number of likely N-dealkylation sites (tertiary alicyclic amines) is 1. The second-order valence-electron chi connectivity index (χ2n) is 6.27. The van der Waals surface area contributed by atoms with E-state index in [1.54, 1.807) is 11.8 Å². The number of hydrogen-bond acceptors (Lipinski definition) is 4. The van der Waals surface area contributed by atoms with Gasteiger partial charge in [-0.1, -0.05) is 6.07 Å². The van der Waals surface area contributed by atoms with Crippen LogP contribution in [0.25, 0.3) is 0 Å². The zero-order valence-corrected chi connectivity index (χ0v) is 14.6. The standard InChI is InChI=1S/C18H18F3N3O3/c1-11-15(17(26)24-7-2-3-8-24)23-14(27-11)10-22-16(25)12-5-4-6-13(9-12)18(19,20)21/h4-6,9H,2-3,7-8,10H2,1H3,(H,22,25). The highest BCUT2D eigenvalue weighted by molar-refractivity contribution is 5.94. The lowest BCUT2D eigenvalue weighted by Crippen LogP contribution is -2.28. The Bertz CT molecular complexity index is 855. The van der Waals surface area contributed by atoms with Crippen LogP contribution in [0.2, 0.25) is 0 Å². The third-order valence-electron chi connectivity index (χ3n) is 4.29. The summed E-state index contributed by atoms with van der Waals surface area (Å²) in [6.07, 6.45) is -2.63. The second kappa shape index (κ2) is 7.42. The van der Waals surface area contributed by atoms with E-state index in [1.165, 1.54) is 12.1 Å². The number of rotatable bonds is 4. The summed E-state index contributed by atoms with van der Waals surface area (Å²) < 4.78 is 43.6. The maximum Gasteiger partial charge on any atom is 0.416 e. The summed E-state index contributed by atoms with van der Waals surface area (Å²) in [4.78, 5) is 30.3. The van der Waals surface area contributed by atoms with Gasteiger partial charge in [0.1, 0.15) is 5.76 Å². The monoisotopic (exact) mass is 381 g/mol. The molecule has 0 atom stereocenters. The summed E-state index contributed by atoms with van der Waals surface area (Å²) in [5, 5.41) is 2.46. The molecule has 0 aliphatic carbocycles. The topological polar surface area (TPSA) is 75.4 Å². The van der Waals surface area contributed by atoms with Crippen molar-refractivity contribution in [2.75, 3.05) is 13.1 Å². The fraction of sp³-hybridized carbons (Fsp3) is 0.389. The van der Waals surface area contributed by atoms with Gasteiger partial charge in [0, 0.05) is 18.7 Å². The van der Waals surface area contributed by atoms with Crippen LogP contribution in [0, 0.1) is 6.92 Å². The molecule has 9 heteroatoms. The van der Waals surface area contributed by atoms with Crippen molar-refractivity contribution in [1.82, 2.24) is 15.2 Å². The molecule has 1 aromatic heterocycles. The highest BCUT2D eigenvalue weighted by atomic mass is 19.4. The minimum absolute atomic E-state index is 0.121.